The first-order valence-electron chi connectivity index (χ1n) is 36.7. The molecule has 3 aromatic rings. The van der Waals surface area contributed by atoms with E-state index >= 15 is 0 Å². The molecule has 3 aromatic heterocycles. The Labute approximate surface area is 646 Å². The Morgan fingerprint density at radius 1 is 0.240 bits per heavy atom. The molecule has 2 aliphatic heterocycles. The van der Waals surface area contributed by atoms with Crippen LogP contribution < -0.4 is 0 Å². The third kappa shape index (κ3) is 33.6. The lowest BCUT2D eigenvalue weighted by atomic mass is 10.3. The molecule has 24 nitrogen and oxygen atoms in total. The van der Waals surface area contributed by atoms with Crippen molar-refractivity contribution in [2.45, 2.75) is 229 Å². The lowest BCUT2D eigenvalue weighted by Crippen LogP contribution is -2.05. The minimum absolute atomic E-state index is 0.165. The summed E-state index contributed by atoms with van der Waals surface area (Å²) in [4.78, 5) is 150. The molecule has 0 spiro atoms. The lowest BCUT2D eigenvalue weighted by molar-refractivity contribution is -0.144. The fraction of sp³-hybridized carbons (Fsp3) is 0.667. The van der Waals surface area contributed by atoms with E-state index in [0.29, 0.717) is 275 Å². The van der Waals surface area contributed by atoms with E-state index in [2.05, 4.69) is 9.97 Å². The molecule has 5 rings (SSSR count). The van der Waals surface area contributed by atoms with Crippen molar-refractivity contribution in [3.63, 3.8) is 0 Å². The Kier molecular flexibility index (Phi) is 46.2. The highest BCUT2D eigenvalue weighted by atomic mass is 32.2. The number of aromatic nitrogens is 8. The summed E-state index contributed by atoms with van der Waals surface area (Å²) in [5, 5.41) is 0. The third-order valence-corrected chi connectivity index (χ3v) is 24.1. The van der Waals surface area contributed by atoms with Gasteiger partial charge in [0.25, 0.3) is 0 Å². The van der Waals surface area contributed by atoms with Gasteiger partial charge >= 0.3 is 47.8 Å². The number of nitrogens with zero attached hydrogens (tertiary/aromatic N) is 6. The van der Waals surface area contributed by atoms with Crippen LogP contribution in [0.15, 0.2) is 19.6 Å². The number of H-pyrrole nitrogens is 2. The third-order valence-electron chi connectivity index (χ3n) is 14.2. The lowest BCUT2D eigenvalue weighted by Gasteiger charge is -2.09. The number of ether oxygens (including phenoxy) is 8. The highest BCUT2D eigenvalue weighted by Gasteiger charge is 2.31. The number of esters is 8. The Balaban J connectivity index is 1.99. The maximum atomic E-state index is 13.0. The number of rotatable bonds is 56. The summed E-state index contributed by atoms with van der Waals surface area (Å²) in [6.45, 7) is 18.0. The Morgan fingerprint density at radius 2 is 0.404 bits per heavy atom. The van der Waals surface area contributed by atoms with E-state index in [9.17, 15) is 38.4 Å². The summed E-state index contributed by atoms with van der Waals surface area (Å²) in [6, 6.07) is 0. The van der Waals surface area contributed by atoms with Gasteiger partial charge in [0, 0.05) is 51.4 Å². The molecular formula is C72H106N8O16S8. The van der Waals surface area contributed by atoms with E-state index < -0.39 is 0 Å². The summed E-state index contributed by atoms with van der Waals surface area (Å²) in [5.41, 5.74) is 1.61. The maximum Gasteiger partial charge on any atom is 0.305 e. The fourth-order valence-corrected chi connectivity index (χ4v) is 18.2. The summed E-state index contributed by atoms with van der Waals surface area (Å²) >= 11 is 11.8. The molecule has 0 radical (unpaired) electrons. The van der Waals surface area contributed by atoms with Crippen LogP contribution in [0.2, 0.25) is 0 Å². The van der Waals surface area contributed by atoms with E-state index in [-0.39, 0.29) is 111 Å². The average molecular weight is 1600 g/mol. The van der Waals surface area contributed by atoms with Gasteiger partial charge in [-0.2, -0.15) is 0 Å². The highest BCUT2D eigenvalue weighted by molar-refractivity contribution is 8.14. The largest absolute Gasteiger partial charge is 0.466 e. The molecule has 32 heteroatoms. The molecule has 104 heavy (non-hydrogen) atoms. The number of nitrogens with one attached hydrogen (secondary N) is 2. The van der Waals surface area contributed by atoms with Gasteiger partial charge in [0.05, 0.1) is 92.1 Å². The predicted octanol–water partition coefficient (Wildman–Crippen LogP) is 16.7. The normalized spacial score (nSPS) is 12.0. The molecule has 0 unspecified atom stereocenters. The first-order valence-corrected chi connectivity index (χ1v) is 44.6. The molecule has 0 saturated carbocycles. The van der Waals surface area contributed by atoms with Crippen molar-refractivity contribution in [1.82, 2.24) is 39.9 Å². The number of hydrogen-bond acceptors (Lipinski definition) is 30. The molecule has 0 atom stereocenters. The molecule has 5 heterocycles. The predicted molar refractivity (Wildman–Crippen MR) is 422 cm³/mol. The average Bonchev–Trinajstić information content (AvgIpc) is 1.61. The number of thioether (sulfide) groups is 8. The number of aromatic amines is 2. The second-order valence-corrected chi connectivity index (χ2v) is 32.5. The Hall–Kier alpha value is -5.12. The fourth-order valence-electron chi connectivity index (χ4n) is 9.22. The first kappa shape index (κ1) is 89.5. The van der Waals surface area contributed by atoms with E-state index in [1.54, 1.807) is 0 Å². The van der Waals surface area contributed by atoms with Crippen molar-refractivity contribution in [1.29, 1.82) is 0 Å². The molecule has 0 amide bonds. The summed E-state index contributed by atoms with van der Waals surface area (Å²) in [5.74, 6) is 2.28. The molecule has 8 bridgehead atoms. The number of carbonyl (C=O) groups excluding carboxylic acids is 8. The quantitative estimate of drug-likeness (QED) is 0.0229. The second-order valence-electron chi connectivity index (χ2n) is 23.6. The molecular weight excluding hydrogens is 1490 g/mol. The van der Waals surface area contributed by atoms with Crippen molar-refractivity contribution in [3.05, 3.63) is 23.3 Å². The number of fused-ring (bicyclic) bond motifs is 8. The first-order chi connectivity index (χ1) is 50.6. The number of carbonyl (C=O) groups is 8. The van der Waals surface area contributed by atoms with Crippen LogP contribution >= 0.6 is 94.1 Å². The van der Waals surface area contributed by atoms with Gasteiger partial charge in [-0.25, -0.2) is 29.9 Å². The van der Waals surface area contributed by atoms with Crippen molar-refractivity contribution in [2.24, 2.45) is 0 Å². The SMILES string of the molecule is CCCOC(=O)CCCSC1=C(SCCCC(=O)OCCC)c2nc1nc1nc(nc3[nH]c(nc4[nH]c(n2)c(SCCCC(=O)OCCC)c4SCCCC(=O)OCCC)c(SCCCC(=O)OCCC)c3SCCCC(=O)OCCC)C(SCCCC(=O)OCCC)=C1SCCCC(=O)OCCC. The molecule has 0 fully saturated rings. The van der Waals surface area contributed by atoms with Crippen LogP contribution in [0.4, 0.5) is 0 Å². The van der Waals surface area contributed by atoms with Crippen LogP contribution in [0.1, 0.15) is 233 Å². The molecule has 0 aliphatic carbocycles. The van der Waals surface area contributed by atoms with E-state index in [1.165, 1.54) is 94.1 Å². The summed E-state index contributed by atoms with van der Waals surface area (Å²) < 4.78 is 43.9. The minimum Gasteiger partial charge on any atom is -0.466 e. The van der Waals surface area contributed by atoms with Crippen LogP contribution in [0, 0.1) is 0 Å². The van der Waals surface area contributed by atoms with Crippen LogP contribution in [0.3, 0.4) is 0 Å². The van der Waals surface area contributed by atoms with Crippen molar-refractivity contribution < 1.29 is 76.3 Å². The van der Waals surface area contributed by atoms with Gasteiger partial charge in [-0.1, -0.05) is 55.4 Å². The summed E-state index contributed by atoms with van der Waals surface area (Å²) in [6.07, 6.45) is 10.5. The maximum absolute atomic E-state index is 13.0. The van der Waals surface area contributed by atoms with Crippen molar-refractivity contribution >= 4 is 184 Å². The molecule has 0 saturated heterocycles. The zero-order chi connectivity index (χ0) is 75.1. The monoisotopic (exact) mass is 1590 g/mol. The van der Waals surface area contributed by atoms with E-state index in [4.69, 9.17) is 67.8 Å². The summed E-state index contributed by atoms with van der Waals surface area (Å²) in [7, 11) is 0. The van der Waals surface area contributed by atoms with Gasteiger partial charge in [0.2, 0.25) is 0 Å². The number of hydrogen-bond donors (Lipinski definition) is 2. The second kappa shape index (κ2) is 53.6. The van der Waals surface area contributed by atoms with E-state index in [0.717, 1.165) is 0 Å². The zero-order valence-corrected chi connectivity index (χ0v) is 68.3. The van der Waals surface area contributed by atoms with Gasteiger partial charge in [0.1, 0.15) is 22.6 Å². The zero-order valence-electron chi connectivity index (χ0n) is 61.8. The van der Waals surface area contributed by atoms with Gasteiger partial charge in [-0.05, 0) is 149 Å². The highest BCUT2D eigenvalue weighted by Crippen LogP contribution is 2.48. The Bertz CT molecular complexity index is 3250. The van der Waals surface area contributed by atoms with Crippen LogP contribution in [0.25, 0.3) is 42.2 Å². The van der Waals surface area contributed by atoms with Gasteiger partial charge in [-0.3, -0.25) is 38.4 Å². The van der Waals surface area contributed by atoms with E-state index in [1.807, 2.05) is 55.4 Å². The topological polar surface area (TPSA) is 319 Å². The standard InChI is InChI=1S/C72H106N8O16S8/c1-9-33-89-49(81)25-17-41-97-57-58(98-42-18-26-50(82)90-34-10-2)66-73-65(57)77-67-59(99-43-19-27-51(83)91-35-11-3)60(100-44-20-28-52(84)92-36-12-4)69(74-67)79-71-63(103-47-23-31-55(87)95-39-15-7)64(104-48-24-32-56(88)96-40-16-8)72(76-71)80-70-62(102-46-22-30-54(86)94-38-14-6)61(68(75-70)78-66)101-45-21-29-53(85)93-37-13-5/h9-48H2,1-8H3,(H2,73,74,75,76,77,78,79,80). The van der Waals surface area contributed by atoms with Gasteiger partial charge in [-0.15, -0.1) is 94.1 Å². The molecule has 0 aromatic carbocycles. The van der Waals surface area contributed by atoms with Crippen molar-refractivity contribution in [3.8, 4) is 0 Å². The molecule has 578 valence electrons. The van der Waals surface area contributed by atoms with Crippen molar-refractivity contribution in [2.75, 3.05) is 98.9 Å². The van der Waals surface area contributed by atoms with Crippen LogP contribution in [-0.4, -0.2) is 187 Å². The molecule has 2 N–H and O–H groups in total. The smallest absolute Gasteiger partial charge is 0.305 e. The molecule has 2 aliphatic rings. The van der Waals surface area contributed by atoms with Crippen LogP contribution in [0.5, 0.6) is 0 Å². The van der Waals surface area contributed by atoms with Gasteiger partial charge < -0.3 is 47.9 Å². The minimum atomic E-state index is -0.310. The Morgan fingerprint density at radius 3 is 0.587 bits per heavy atom. The van der Waals surface area contributed by atoms with Gasteiger partial charge in [0.15, 0.2) is 23.3 Å². The van der Waals surface area contributed by atoms with Crippen LogP contribution in [-0.2, 0) is 76.3 Å².